The Hall–Kier alpha value is -7.22. The van der Waals surface area contributed by atoms with Gasteiger partial charge in [0.25, 0.3) is 0 Å². The lowest BCUT2D eigenvalue weighted by Crippen LogP contribution is -2.05. The summed E-state index contributed by atoms with van der Waals surface area (Å²) >= 11 is 0. The van der Waals surface area contributed by atoms with Crippen LogP contribution in [0.25, 0.3) is 88.4 Å². The first-order valence-corrected chi connectivity index (χ1v) is 19.1. The lowest BCUT2D eigenvalue weighted by Gasteiger charge is -2.19. The fraction of sp³-hybridized carbons (Fsp3) is 0.0769. The van der Waals surface area contributed by atoms with E-state index in [1.807, 2.05) is 13.8 Å². The van der Waals surface area contributed by atoms with Gasteiger partial charge in [0.15, 0.2) is 0 Å². The molecule has 0 N–H and O–H groups in total. The van der Waals surface area contributed by atoms with E-state index in [2.05, 4.69) is 187 Å². The molecule has 0 amide bonds. The number of hydrogen-bond acceptors (Lipinski definition) is 2. The quantitative estimate of drug-likeness (QED) is 0.178. The van der Waals surface area contributed by atoms with Crippen LogP contribution in [0.4, 0.5) is 0 Å². The van der Waals surface area contributed by atoms with Crippen molar-refractivity contribution in [1.29, 1.82) is 5.26 Å². The molecule has 56 heavy (non-hydrogen) atoms. The Morgan fingerprint density at radius 3 is 1.29 bits per heavy atom. The zero-order valence-corrected chi connectivity index (χ0v) is 31.8. The second-order valence-corrected chi connectivity index (χ2v) is 15.0. The summed E-state index contributed by atoms with van der Waals surface area (Å²) in [5.41, 5.74) is 17.5. The molecule has 0 radical (unpaired) electrons. The maximum Gasteiger partial charge on any atom is 0.104 e. The molecule has 3 aromatic heterocycles. The lowest BCUT2D eigenvalue weighted by molar-refractivity contribution is 1.11. The Labute approximate surface area is 326 Å². The number of nitrogens with zero attached hydrogens (tertiary/aromatic N) is 4. The fourth-order valence-corrected chi connectivity index (χ4v) is 8.72. The van der Waals surface area contributed by atoms with Crippen molar-refractivity contribution in [2.75, 3.05) is 0 Å². The van der Waals surface area contributed by atoms with Crippen LogP contribution < -0.4 is 0 Å². The van der Waals surface area contributed by atoms with Gasteiger partial charge in [-0.05, 0) is 110 Å². The molecule has 0 unspecified atom stereocenters. The normalized spacial score (nSPS) is 11.6. The Bertz CT molecular complexity index is 3050. The van der Waals surface area contributed by atoms with Gasteiger partial charge in [0.2, 0.25) is 0 Å². The van der Waals surface area contributed by atoms with Crippen LogP contribution in [0.3, 0.4) is 0 Å². The van der Waals surface area contributed by atoms with Crippen LogP contribution in [-0.2, 0) is 0 Å². The van der Waals surface area contributed by atoms with E-state index in [1.165, 1.54) is 11.1 Å². The first-order chi connectivity index (χ1) is 27.3. The van der Waals surface area contributed by atoms with Gasteiger partial charge >= 0.3 is 0 Å². The summed E-state index contributed by atoms with van der Waals surface area (Å²) in [6.07, 6.45) is 0. The third-order valence-electron chi connectivity index (χ3n) is 11.2. The van der Waals surface area contributed by atoms with Crippen LogP contribution in [0.2, 0.25) is 0 Å². The van der Waals surface area contributed by atoms with E-state index in [-0.39, 0.29) is 0 Å². The van der Waals surface area contributed by atoms with Crippen molar-refractivity contribution >= 4 is 43.6 Å². The summed E-state index contributed by atoms with van der Waals surface area (Å²) in [7, 11) is 0. The number of aryl methyl sites for hydroxylation is 4. The lowest BCUT2D eigenvalue weighted by atomic mass is 9.99. The first-order valence-electron chi connectivity index (χ1n) is 19.1. The van der Waals surface area contributed by atoms with Gasteiger partial charge in [0, 0.05) is 32.9 Å². The molecule has 0 saturated heterocycles. The number of para-hydroxylation sites is 2. The molecule has 10 rings (SSSR count). The van der Waals surface area contributed by atoms with Gasteiger partial charge in [-0.1, -0.05) is 120 Å². The Kier molecular flexibility index (Phi) is 7.73. The molecule has 7 aromatic carbocycles. The number of aromatic nitrogens is 3. The minimum absolute atomic E-state index is 0.600. The molecule has 4 nitrogen and oxygen atoms in total. The highest BCUT2D eigenvalue weighted by Crippen LogP contribution is 2.42. The molecule has 0 saturated carbocycles. The average molecular weight is 719 g/mol. The molecule has 0 atom stereocenters. The van der Waals surface area contributed by atoms with E-state index in [1.54, 1.807) is 0 Å². The van der Waals surface area contributed by atoms with E-state index in [0.717, 1.165) is 99.8 Å². The predicted molar refractivity (Wildman–Crippen MR) is 233 cm³/mol. The van der Waals surface area contributed by atoms with Gasteiger partial charge in [-0.2, -0.15) is 5.26 Å². The molecule has 266 valence electrons. The van der Waals surface area contributed by atoms with Crippen molar-refractivity contribution in [2.24, 2.45) is 0 Å². The third-order valence-corrected chi connectivity index (χ3v) is 11.2. The van der Waals surface area contributed by atoms with E-state index < -0.39 is 0 Å². The van der Waals surface area contributed by atoms with Crippen molar-refractivity contribution < 1.29 is 0 Å². The second-order valence-electron chi connectivity index (χ2n) is 15.0. The van der Waals surface area contributed by atoms with E-state index in [0.29, 0.717) is 5.56 Å². The van der Waals surface area contributed by atoms with Crippen molar-refractivity contribution in [3.8, 4) is 50.8 Å². The summed E-state index contributed by atoms with van der Waals surface area (Å²) in [6, 6.07) is 59.3. The molecule has 0 aliphatic rings. The number of rotatable bonds is 5. The molecule has 0 fully saturated rings. The van der Waals surface area contributed by atoms with Gasteiger partial charge in [-0.3, -0.25) is 4.98 Å². The molecule has 3 heterocycles. The standard InChI is InChI=1S/C52H38N4/c1-32-11-9-13-36(23-32)38-19-21-44-42-15-5-7-17-47(42)55(49(44)27-38)51-29-41(40-25-34(3)54-35(4)26-40)30-52(46(51)31-53)56-48-18-8-6-16-43(48)45-22-20-39(28-50(45)56)37-14-10-12-33(2)24-37/h5-30H,1-4H3. The minimum atomic E-state index is 0.600. The van der Waals surface area contributed by atoms with E-state index in [4.69, 9.17) is 4.98 Å². The van der Waals surface area contributed by atoms with Crippen LogP contribution in [0.5, 0.6) is 0 Å². The van der Waals surface area contributed by atoms with E-state index in [9.17, 15) is 5.26 Å². The number of fused-ring (bicyclic) bond motifs is 6. The molecule has 4 heteroatoms. The predicted octanol–water partition coefficient (Wildman–Crippen LogP) is 13.4. The van der Waals surface area contributed by atoms with Crippen LogP contribution >= 0.6 is 0 Å². The van der Waals surface area contributed by atoms with Gasteiger partial charge in [0.05, 0.1) is 33.4 Å². The van der Waals surface area contributed by atoms with Crippen LogP contribution in [-0.4, -0.2) is 14.1 Å². The summed E-state index contributed by atoms with van der Waals surface area (Å²) in [6.45, 7) is 8.35. The SMILES string of the molecule is Cc1cccc(-c2ccc3c4ccccc4n(-c4cc(-c5cc(C)nc(C)c5)cc(-n5c6ccccc6c6ccc(-c7cccc(C)c7)cc65)c4C#N)c3c2)c1. The smallest absolute Gasteiger partial charge is 0.104 e. The Morgan fingerprint density at radius 2 is 0.821 bits per heavy atom. The fourth-order valence-electron chi connectivity index (χ4n) is 8.72. The Balaban J connectivity index is 1.35. The second kappa shape index (κ2) is 13.0. The highest BCUT2D eigenvalue weighted by Gasteiger charge is 2.23. The molecule has 0 bridgehead atoms. The first kappa shape index (κ1) is 33.4. The number of pyridine rings is 1. The minimum Gasteiger partial charge on any atom is -0.308 e. The Morgan fingerprint density at radius 1 is 0.393 bits per heavy atom. The topological polar surface area (TPSA) is 46.5 Å². The van der Waals surface area contributed by atoms with Gasteiger partial charge < -0.3 is 9.13 Å². The van der Waals surface area contributed by atoms with Crippen molar-refractivity contribution in [3.63, 3.8) is 0 Å². The zero-order chi connectivity index (χ0) is 38.1. The summed E-state index contributed by atoms with van der Waals surface area (Å²) < 4.78 is 4.62. The summed E-state index contributed by atoms with van der Waals surface area (Å²) in [5, 5.41) is 16.0. The van der Waals surface area contributed by atoms with E-state index >= 15 is 0 Å². The summed E-state index contributed by atoms with van der Waals surface area (Å²) in [4.78, 5) is 4.73. The van der Waals surface area contributed by atoms with Crippen LogP contribution in [0, 0.1) is 39.0 Å². The number of hydrogen-bond donors (Lipinski definition) is 0. The van der Waals surface area contributed by atoms with Crippen molar-refractivity contribution in [1.82, 2.24) is 14.1 Å². The molecular weight excluding hydrogens is 681 g/mol. The molecule has 0 aliphatic heterocycles. The monoisotopic (exact) mass is 718 g/mol. The third kappa shape index (κ3) is 5.40. The zero-order valence-electron chi connectivity index (χ0n) is 31.8. The summed E-state index contributed by atoms with van der Waals surface area (Å²) in [5.74, 6) is 0. The highest BCUT2D eigenvalue weighted by atomic mass is 15.0. The maximum atomic E-state index is 11.5. The van der Waals surface area contributed by atoms with Gasteiger partial charge in [-0.15, -0.1) is 0 Å². The van der Waals surface area contributed by atoms with Gasteiger partial charge in [0.1, 0.15) is 11.6 Å². The molecule has 10 aromatic rings. The van der Waals surface area contributed by atoms with Gasteiger partial charge in [-0.25, -0.2) is 0 Å². The molecule has 0 spiro atoms. The maximum absolute atomic E-state index is 11.5. The largest absolute Gasteiger partial charge is 0.308 e. The average Bonchev–Trinajstić information content (AvgIpc) is 3.72. The molecular formula is C52H38N4. The number of nitriles is 1. The molecule has 0 aliphatic carbocycles. The highest BCUT2D eigenvalue weighted by molar-refractivity contribution is 6.12. The van der Waals surface area contributed by atoms with Crippen molar-refractivity contribution in [2.45, 2.75) is 27.7 Å². The number of benzene rings is 7. The van der Waals surface area contributed by atoms with Crippen LogP contribution in [0.1, 0.15) is 28.1 Å². The van der Waals surface area contributed by atoms with Crippen molar-refractivity contribution in [3.05, 3.63) is 186 Å². The van der Waals surface area contributed by atoms with Crippen LogP contribution in [0.15, 0.2) is 158 Å².